The number of aromatic hydroxyl groups is 1. The summed E-state index contributed by atoms with van der Waals surface area (Å²) in [4.78, 5) is 16.8. The molecule has 0 spiro atoms. The van der Waals surface area contributed by atoms with Gasteiger partial charge in [0.15, 0.2) is 11.5 Å². The van der Waals surface area contributed by atoms with Gasteiger partial charge >= 0.3 is 5.63 Å². The van der Waals surface area contributed by atoms with E-state index in [1.165, 1.54) is 0 Å². The molecular weight excluding hydrogens is 446 g/mol. The van der Waals surface area contributed by atoms with Gasteiger partial charge in [0.1, 0.15) is 5.58 Å². The molecule has 0 unspecified atom stereocenters. The zero-order chi connectivity index (χ0) is 21.1. The molecule has 6 heteroatoms. The molecule has 5 nitrogen and oxygen atoms in total. The first-order valence-corrected chi connectivity index (χ1v) is 10.2. The van der Waals surface area contributed by atoms with Crippen LogP contribution in [0, 0.1) is 0 Å². The van der Waals surface area contributed by atoms with E-state index in [9.17, 15) is 9.90 Å². The van der Waals surface area contributed by atoms with Crippen molar-refractivity contribution in [3.05, 3.63) is 87.2 Å². The molecule has 0 bridgehead atoms. The number of ether oxygens (including phenoxy) is 1. The maximum atomic E-state index is 12.3. The van der Waals surface area contributed by atoms with Gasteiger partial charge in [-0.25, -0.2) is 4.79 Å². The van der Waals surface area contributed by atoms with Crippen LogP contribution in [-0.2, 0) is 0 Å². The van der Waals surface area contributed by atoms with Gasteiger partial charge in [0.2, 0.25) is 0 Å². The average Bonchev–Trinajstić information content (AvgIpc) is 2.76. The van der Waals surface area contributed by atoms with Crippen LogP contribution in [0.2, 0.25) is 0 Å². The summed E-state index contributed by atoms with van der Waals surface area (Å²) in [5.41, 5.74) is 2.63. The zero-order valence-electron chi connectivity index (χ0n) is 16.1. The van der Waals surface area contributed by atoms with Gasteiger partial charge in [-0.15, -0.1) is 0 Å². The molecule has 4 aromatic rings. The van der Waals surface area contributed by atoms with E-state index in [0.29, 0.717) is 39.2 Å². The number of benzene rings is 3. The maximum Gasteiger partial charge on any atom is 0.344 e. The van der Waals surface area contributed by atoms with Crippen molar-refractivity contribution in [1.29, 1.82) is 0 Å². The SMILES string of the molecule is CCOc1ccc(Br)c(C=Nc2ccc(-c3cc4ccccc4oc3=O)cc2)c1O. The van der Waals surface area contributed by atoms with Crippen LogP contribution in [0.3, 0.4) is 0 Å². The van der Waals surface area contributed by atoms with Crippen molar-refractivity contribution in [3.63, 3.8) is 0 Å². The molecule has 0 radical (unpaired) electrons. The second-order valence-electron chi connectivity index (χ2n) is 6.53. The highest BCUT2D eigenvalue weighted by Gasteiger charge is 2.11. The van der Waals surface area contributed by atoms with Crippen molar-refractivity contribution in [2.75, 3.05) is 6.61 Å². The summed E-state index contributed by atoms with van der Waals surface area (Å²) in [6, 6.07) is 20.0. The topological polar surface area (TPSA) is 72.0 Å². The summed E-state index contributed by atoms with van der Waals surface area (Å²) in [6.07, 6.45) is 1.57. The Labute approximate surface area is 181 Å². The fraction of sp³-hybridized carbons (Fsp3) is 0.0833. The van der Waals surface area contributed by atoms with E-state index >= 15 is 0 Å². The van der Waals surface area contributed by atoms with E-state index in [4.69, 9.17) is 9.15 Å². The molecule has 0 saturated heterocycles. The highest BCUT2D eigenvalue weighted by Crippen LogP contribution is 2.34. The summed E-state index contributed by atoms with van der Waals surface area (Å²) in [5, 5.41) is 11.3. The first-order chi connectivity index (χ1) is 14.6. The lowest BCUT2D eigenvalue weighted by molar-refractivity contribution is 0.318. The number of hydrogen-bond donors (Lipinski definition) is 1. The third-order valence-electron chi connectivity index (χ3n) is 4.59. The predicted octanol–water partition coefficient (Wildman–Crippen LogP) is 6.08. The monoisotopic (exact) mass is 463 g/mol. The Morgan fingerprint density at radius 2 is 1.87 bits per heavy atom. The lowest BCUT2D eigenvalue weighted by atomic mass is 10.1. The van der Waals surface area contributed by atoms with Gasteiger partial charge < -0.3 is 14.3 Å². The van der Waals surface area contributed by atoms with E-state index in [0.717, 1.165) is 10.9 Å². The molecule has 30 heavy (non-hydrogen) atoms. The van der Waals surface area contributed by atoms with Crippen molar-refractivity contribution in [2.24, 2.45) is 4.99 Å². The number of rotatable bonds is 5. The van der Waals surface area contributed by atoms with Crippen molar-refractivity contribution in [1.82, 2.24) is 0 Å². The Morgan fingerprint density at radius 1 is 1.10 bits per heavy atom. The summed E-state index contributed by atoms with van der Waals surface area (Å²) >= 11 is 3.42. The molecule has 3 aromatic carbocycles. The summed E-state index contributed by atoms with van der Waals surface area (Å²) in [5.74, 6) is 0.431. The largest absolute Gasteiger partial charge is 0.504 e. The quantitative estimate of drug-likeness (QED) is 0.287. The Morgan fingerprint density at radius 3 is 2.63 bits per heavy atom. The highest BCUT2D eigenvalue weighted by atomic mass is 79.9. The van der Waals surface area contributed by atoms with Crippen LogP contribution >= 0.6 is 15.9 Å². The number of phenols is 1. The number of phenolic OH excluding ortho intramolecular Hbond substituents is 1. The van der Waals surface area contributed by atoms with Crippen LogP contribution in [0.4, 0.5) is 5.69 Å². The van der Waals surface area contributed by atoms with E-state index in [1.807, 2.05) is 43.3 Å². The fourth-order valence-corrected chi connectivity index (χ4v) is 3.51. The minimum Gasteiger partial charge on any atom is -0.504 e. The molecule has 150 valence electrons. The molecule has 0 aliphatic heterocycles. The Balaban J connectivity index is 1.63. The van der Waals surface area contributed by atoms with Crippen LogP contribution < -0.4 is 10.4 Å². The van der Waals surface area contributed by atoms with Crippen molar-refractivity contribution < 1.29 is 14.3 Å². The van der Waals surface area contributed by atoms with Gasteiger partial charge in [0.05, 0.1) is 23.4 Å². The predicted molar refractivity (Wildman–Crippen MR) is 122 cm³/mol. The van der Waals surface area contributed by atoms with Crippen LogP contribution in [0.5, 0.6) is 11.5 Å². The second kappa shape index (κ2) is 8.55. The molecule has 0 aliphatic rings. The van der Waals surface area contributed by atoms with Crippen molar-refractivity contribution in [3.8, 4) is 22.6 Å². The molecule has 4 rings (SSSR count). The van der Waals surface area contributed by atoms with Gasteiger partial charge in [0, 0.05) is 16.1 Å². The number of aliphatic imine (C=N–C) groups is 1. The minimum atomic E-state index is -0.383. The molecule has 1 heterocycles. The first-order valence-electron chi connectivity index (χ1n) is 9.38. The van der Waals surface area contributed by atoms with Gasteiger partial charge in [-0.3, -0.25) is 4.99 Å². The van der Waals surface area contributed by atoms with Crippen molar-refractivity contribution in [2.45, 2.75) is 6.92 Å². The van der Waals surface area contributed by atoms with E-state index < -0.39 is 0 Å². The van der Waals surface area contributed by atoms with Crippen LogP contribution in [-0.4, -0.2) is 17.9 Å². The van der Waals surface area contributed by atoms with Crippen LogP contribution in [0.1, 0.15) is 12.5 Å². The average molecular weight is 464 g/mol. The number of nitrogens with zero attached hydrogens (tertiary/aromatic N) is 1. The van der Waals surface area contributed by atoms with Gasteiger partial charge in [-0.1, -0.05) is 30.3 Å². The molecule has 1 N–H and O–H groups in total. The summed E-state index contributed by atoms with van der Waals surface area (Å²) in [6.45, 7) is 2.31. The number of fused-ring (bicyclic) bond motifs is 1. The van der Waals surface area contributed by atoms with E-state index in [-0.39, 0.29) is 11.4 Å². The molecule has 1 aromatic heterocycles. The number of hydrogen-bond acceptors (Lipinski definition) is 5. The number of halogens is 1. The van der Waals surface area contributed by atoms with Crippen LogP contribution in [0.25, 0.3) is 22.1 Å². The lowest BCUT2D eigenvalue weighted by Gasteiger charge is -2.09. The molecular formula is C24H18BrNO4. The third-order valence-corrected chi connectivity index (χ3v) is 5.28. The van der Waals surface area contributed by atoms with E-state index in [1.54, 1.807) is 36.5 Å². The van der Waals surface area contributed by atoms with Crippen LogP contribution in [0.15, 0.2) is 85.4 Å². The Bertz CT molecular complexity index is 1290. The first kappa shape index (κ1) is 19.9. The molecule has 0 amide bonds. The van der Waals surface area contributed by atoms with E-state index in [2.05, 4.69) is 20.9 Å². The normalized spacial score (nSPS) is 11.3. The molecule has 0 fully saturated rings. The zero-order valence-corrected chi connectivity index (χ0v) is 17.7. The van der Waals surface area contributed by atoms with Gasteiger partial charge in [0.25, 0.3) is 0 Å². The molecule has 0 atom stereocenters. The molecule has 0 saturated carbocycles. The minimum absolute atomic E-state index is 0.0281. The maximum absolute atomic E-state index is 12.3. The van der Waals surface area contributed by atoms with Gasteiger partial charge in [-0.05, 0) is 64.8 Å². The molecule has 0 aliphatic carbocycles. The highest BCUT2D eigenvalue weighted by molar-refractivity contribution is 9.10. The van der Waals surface area contributed by atoms with Crippen molar-refractivity contribution >= 4 is 38.8 Å². The lowest BCUT2D eigenvalue weighted by Crippen LogP contribution is -2.02. The third kappa shape index (κ3) is 4.00. The Kier molecular flexibility index (Phi) is 5.68. The van der Waals surface area contributed by atoms with Gasteiger partial charge in [-0.2, -0.15) is 0 Å². The Hall–Kier alpha value is -3.38. The fourth-order valence-electron chi connectivity index (χ4n) is 3.09. The summed E-state index contributed by atoms with van der Waals surface area (Å²) in [7, 11) is 0. The summed E-state index contributed by atoms with van der Waals surface area (Å²) < 4.78 is 11.5. The smallest absolute Gasteiger partial charge is 0.344 e. The standard InChI is InChI=1S/C24H18BrNO4/c1-2-29-22-12-11-20(25)19(23(22)27)14-26-17-9-7-15(8-10-17)18-13-16-5-3-4-6-21(16)30-24(18)28/h3-14,27H,2H2,1H3. The number of para-hydroxylation sites is 1. The second-order valence-corrected chi connectivity index (χ2v) is 7.39.